The van der Waals surface area contributed by atoms with E-state index in [1.165, 1.54) is 37.1 Å². The van der Waals surface area contributed by atoms with E-state index in [1.807, 2.05) is 0 Å². The first-order valence-electron chi connectivity index (χ1n) is 7.10. The van der Waals surface area contributed by atoms with E-state index in [9.17, 15) is 0 Å². The summed E-state index contributed by atoms with van der Waals surface area (Å²) in [6.07, 6.45) is 5.81. The molecule has 0 amide bonds. The van der Waals surface area contributed by atoms with E-state index in [1.54, 1.807) is 0 Å². The molecule has 0 bridgehead atoms. The minimum Gasteiger partial charge on any atom is -0.365 e. The summed E-state index contributed by atoms with van der Waals surface area (Å²) in [5, 5.41) is 0. The molecule has 0 aromatic carbocycles. The van der Waals surface area contributed by atoms with Crippen molar-refractivity contribution in [2.24, 2.45) is 5.92 Å². The number of hydrogen-bond acceptors (Lipinski definition) is 1. The van der Waals surface area contributed by atoms with Gasteiger partial charge >= 0.3 is 0 Å². The Morgan fingerprint density at radius 3 is 2.76 bits per heavy atom. The van der Waals surface area contributed by atoms with Gasteiger partial charge in [0.05, 0.1) is 0 Å². The van der Waals surface area contributed by atoms with E-state index in [2.05, 4.69) is 49.8 Å². The highest BCUT2D eigenvalue weighted by atomic mass is 15.2. The molecule has 0 radical (unpaired) electrons. The van der Waals surface area contributed by atoms with Crippen LogP contribution in [0.4, 0.5) is 0 Å². The number of H-pyrrole nitrogens is 1. The van der Waals surface area contributed by atoms with Crippen LogP contribution in [0.15, 0.2) is 12.3 Å². The van der Waals surface area contributed by atoms with Crippen LogP contribution >= 0.6 is 0 Å². The lowest BCUT2D eigenvalue weighted by Gasteiger charge is -2.44. The number of rotatable bonds is 4. The second-order valence-electron chi connectivity index (χ2n) is 5.60. The van der Waals surface area contributed by atoms with Gasteiger partial charge in [-0.05, 0) is 36.9 Å². The van der Waals surface area contributed by atoms with Crippen molar-refractivity contribution in [3.8, 4) is 0 Å². The summed E-state index contributed by atoms with van der Waals surface area (Å²) >= 11 is 0. The summed E-state index contributed by atoms with van der Waals surface area (Å²) in [5.74, 6) is 0.686. The molecule has 2 nitrogen and oxygen atoms in total. The molecule has 2 heteroatoms. The third-order valence-electron chi connectivity index (χ3n) is 4.04. The van der Waals surface area contributed by atoms with Crippen LogP contribution in [0, 0.1) is 5.92 Å². The first-order chi connectivity index (χ1) is 8.19. The van der Waals surface area contributed by atoms with Gasteiger partial charge in [-0.15, -0.1) is 0 Å². The van der Waals surface area contributed by atoms with Gasteiger partial charge in [0.2, 0.25) is 0 Å². The molecule has 0 aliphatic carbocycles. The van der Waals surface area contributed by atoms with Crippen LogP contribution < -0.4 is 0 Å². The molecule has 1 aromatic heterocycles. The first kappa shape index (κ1) is 12.7. The topological polar surface area (TPSA) is 19.0 Å². The Morgan fingerprint density at radius 1 is 1.41 bits per heavy atom. The van der Waals surface area contributed by atoms with Crippen LogP contribution in [0.2, 0.25) is 0 Å². The zero-order chi connectivity index (χ0) is 12.4. The summed E-state index contributed by atoms with van der Waals surface area (Å²) in [4.78, 5) is 6.18. The Morgan fingerprint density at radius 2 is 2.18 bits per heavy atom. The van der Waals surface area contributed by atoms with Gasteiger partial charge in [0.1, 0.15) is 0 Å². The highest BCUT2D eigenvalue weighted by Crippen LogP contribution is 2.38. The summed E-state index contributed by atoms with van der Waals surface area (Å²) in [7, 11) is 0. The van der Waals surface area contributed by atoms with Crippen molar-refractivity contribution in [2.75, 3.05) is 6.54 Å². The molecule has 0 fully saturated rings. The summed E-state index contributed by atoms with van der Waals surface area (Å²) < 4.78 is 0. The summed E-state index contributed by atoms with van der Waals surface area (Å²) in [6, 6.07) is 3.61. The molecular weight excluding hydrogens is 208 g/mol. The van der Waals surface area contributed by atoms with Crippen LogP contribution in [0.1, 0.15) is 57.8 Å². The van der Waals surface area contributed by atoms with Crippen molar-refractivity contribution >= 4 is 0 Å². The van der Waals surface area contributed by atoms with Gasteiger partial charge in [-0.1, -0.05) is 27.7 Å². The second kappa shape index (κ2) is 5.26. The predicted molar refractivity (Wildman–Crippen MR) is 73.2 cm³/mol. The van der Waals surface area contributed by atoms with Gasteiger partial charge in [-0.25, -0.2) is 0 Å². The van der Waals surface area contributed by atoms with Gasteiger partial charge in [-0.3, -0.25) is 4.90 Å². The monoisotopic (exact) mass is 234 g/mol. The number of hydrogen-bond donors (Lipinski definition) is 1. The normalized spacial score (nSPS) is 25.2. The second-order valence-corrected chi connectivity index (χ2v) is 5.60. The van der Waals surface area contributed by atoms with Crippen LogP contribution in [-0.4, -0.2) is 22.5 Å². The lowest BCUT2D eigenvalue weighted by atomic mass is 9.86. The maximum absolute atomic E-state index is 3.44. The fourth-order valence-electron chi connectivity index (χ4n) is 3.33. The van der Waals surface area contributed by atoms with Crippen LogP contribution in [0.3, 0.4) is 0 Å². The standard InChI is InChI=1S/C15H26N2/c1-5-9-17-12(6-2)10-14-13(7-8-16-14)15(17)11(3)4/h7-8,11-12,15-16H,5-6,9-10H2,1-4H3/t12-,15+/m0/s1. The molecule has 1 N–H and O–H groups in total. The molecule has 2 atom stereocenters. The number of nitrogens with zero attached hydrogens (tertiary/aromatic N) is 1. The largest absolute Gasteiger partial charge is 0.365 e. The lowest BCUT2D eigenvalue weighted by molar-refractivity contribution is 0.0829. The Balaban J connectivity index is 2.34. The molecule has 17 heavy (non-hydrogen) atoms. The molecule has 96 valence electrons. The quantitative estimate of drug-likeness (QED) is 0.840. The summed E-state index contributed by atoms with van der Waals surface area (Å²) in [5.41, 5.74) is 3.01. The smallest absolute Gasteiger partial charge is 0.0391 e. The zero-order valence-corrected chi connectivity index (χ0v) is 11.7. The van der Waals surface area contributed by atoms with Crippen molar-refractivity contribution in [1.82, 2.24) is 9.88 Å². The maximum Gasteiger partial charge on any atom is 0.0391 e. The van der Waals surface area contributed by atoms with Crippen molar-refractivity contribution < 1.29 is 0 Å². The molecule has 0 saturated carbocycles. The number of aromatic nitrogens is 1. The minimum absolute atomic E-state index is 0.606. The van der Waals surface area contributed by atoms with Gasteiger partial charge in [-0.2, -0.15) is 0 Å². The van der Waals surface area contributed by atoms with Gasteiger partial charge in [0.25, 0.3) is 0 Å². The van der Waals surface area contributed by atoms with E-state index < -0.39 is 0 Å². The zero-order valence-electron chi connectivity index (χ0n) is 11.7. The molecule has 0 spiro atoms. The van der Waals surface area contributed by atoms with E-state index in [4.69, 9.17) is 0 Å². The molecular formula is C15H26N2. The summed E-state index contributed by atoms with van der Waals surface area (Å²) in [6.45, 7) is 10.5. The third kappa shape index (κ3) is 2.28. The van der Waals surface area contributed by atoms with E-state index in [-0.39, 0.29) is 0 Å². The predicted octanol–water partition coefficient (Wildman–Crippen LogP) is 3.76. The van der Waals surface area contributed by atoms with Crippen LogP contribution in [0.5, 0.6) is 0 Å². The minimum atomic E-state index is 0.606. The SMILES string of the molecule is CCCN1[C@@H](CC)Cc2[nH]ccc2[C@H]1C(C)C. The Bertz CT molecular complexity index is 354. The molecule has 1 aliphatic heterocycles. The van der Waals surface area contributed by atoms with Crippen molar-refractivity contribution in [3.05, 3.63) is 23.5 Å². The Labute approximate surface area is 105 Å². The van der Waals surface area contributed by atoms with Crippen molar-refractivity contribution in [3.63, 3.8) is 0 Å². The molecule has 2 rings (SSSR count). The fourth-order valence-corrected chi connectivity index (χ4v) is 3.33. The fraction of sp³-hybridized carbons (Fsp3) is 0.733. The van der Waals surface area contributed by atoms with Crippen molar-refractivity contribution in [2.45, 2.75) is 59.0 Å². The molecule has 2 heterocycles. The maximum atomic E-state index is 3.44. The highest BCUT2D eigenvalue weighted by molar-refractivity contribution is 5.29. The highest BCUT2D eigenvalue weighted by Gasteiger charge is 2.34. The number of nitrogens with one attached hydrogen (secondary N) is 1. The third-order valence-corrected chi connectivity index (χ3v) is 4.04. The molecule has 0 unspecified atom stereocenters. The average molecular weight is 234 g/mol. The van der Waals surface area contributed by atoms with E-state index in [0.29, 0.717) is 18.0 Å². The van der Waals surface area contributed by atoms with Gasteiger partial charge in [0.15, 0.2) is 0 Å². The molecule has 0 saturated heterocycles. The number of aromatic amines is 1. The van der Waals surface area contributed by atoms with E-state index in [0.717, 1.165) is 0 Å². The lowest BCUT2D eigenvalue weighted by Crippen LogP contribution is -2.45. The molecule has 1 aliphatic rings. The Kier molecular flexibility index (Phi) is 3.93. The van der Waals surface area contributed by atoms with E-state index >= 15 is 0 Å². The molecule has 1 aromatic rings. The number of fused-ring (bicyclic) bond motifs is 1. The van der Waals surface area contributed by atoms with Crippen molar-refractivity contribution in [1.29, 1.82) is 0 Å². The average Bonchev–Trinajstić information content (AvgIpc) is 2.75. The van der Waals surface area contributed by atoms with Crippen LogP contribution in [0.25, 0.3) is 0 Å². The first-order valence-corrected chi connectivity index (χ1v) is 7.10. The Hall–Kier alpha value is -0.760. The van der Waals surface area contributed by atoms with Gasteiger partial charge < -0.3 is 4.98 Å². The van der Waals surface area contributed by atoms with Gasteiger partial charge in [0, 0.05) is 30.4 Å². The van der Waals surface area contributed by atoms with Crippen LogP contribution in [-0.2, 0) is 6.42 Å².